The molecule has 1 aliphatic carbocycles. The molecule has 9 nitrogen and oxygen atoms in total. The standard InChI is InChI=1S/C29H39N3O6/c1-4-37-20-12-10-19(11-13-20)30-26(33)23-22-14-15-29(38-22)24(23)28(35)32(16-7-17-36-3)25(29)27(34)31-21-9-6-5-8-18(21)2/h10-15,18,21-25H,4-9,16-17H2,1-3H3,(H,30,33)(H,31,34)/t18-,21+,22-,23+,24-,25-,29-/m0/s1. The van der Waals surface area contributed by atoms with Crippen molar-refractivity contribution < 1.29 is 28.6 Å². The van der Waals surface area contributed by atoms with E-state index in [1.807, 2.05) is 19.1 Å². The maximum absolute atomic E-state index is 13.9. The number of ether oxygens (including phenoxy) is 3. The molecular weight excluding hydrogens is 486 g/mol. The first-order chi connectivity index (χ1) is 18.4. The van der Waals surface area contributed by atoms with Crippen molar-refractivity contribution in [2.45, 2.75) is 69.7 Å². The van der Waals surface area contributed by atoms with Gasteiger partial charge in [0.2, 0.25) is 17.7 Å². The van der Waals surface area contributed by atoms with Gasteiger partial charge in [0, 0.05) is 32.0 Å². The number of amides is 3. The fourth-order valence-electron chi connectivity index (χ4n) is 6.71. The van der Waals surface area contributed by atoms with Crippen LogP contribution in [0.1, 0.15) is 46.0 Å². The Morgan fingerprint density at radius 3 is 2.63 bits per heavy atom. The molecule has 3 heterocycles. The second-order valence-electron chi connectivity index (χ2n) is 10.9. The minimum Gasteiger partial charge on any atom is -0.494 e. The number of carbonyl (C=O) groups excluding carboxylic acids is 3. The van der Waals surface area contributed by atoms with Gasteiger partial charge in [0.1, 0.15) is 17.4 Å². The third-order valence-corrected chi connectivity index (χ3v) is 8.54. The fraction of sp³-hybridized carbons (Fsp3) is 0.621. The van der Waals surface area contributed by atoms with Gasteiger partial charge in [-0.2, -0.15) is 0 Å². The van der Waals surface area contributed by atoms with Crippen molar-refractivity contribution in [3.63, 3.8) is 0 Å². The predicted octanol–water partition coefficient (Wildman–Crippen LogP) is 2.91. The van der Waals surface area contributed by atoms with Crippen molar-refractivity contribution in [1.82, 2.24) is 10.2 Å². The molecule has 9 heteroatoms. The molecule has 1 saturated carbocycles. The molecule has 4 aliphatic rings. The molecule has 3 amide bonds. The van der Waals surface area contributed by atoms with E-state index in [2.05, 4.69) is 17.6 Å². The molecule has 7 atom stereocenters. The van der Waals surface area contributed by atoms with Gasteiger partial charge in [-0.1, -0.05) is 31.9 Å². The van der Waals surface area contributed by atoms with Crippen LogP contribution in [0.25, 0.3) is 0 Å². The van der Waals surface area contributed by atoms with Crippen molar-refractivity contribution >= 4 is 23.4 Å². The Morgan fingerprint density at radius 2 is 1.92 bits per heavy atom. The van der Waals surface area contributed by atoms with Crippen LogP contribution in [0.15, 0.2) is 36.4 Å². The molecule has 0 unspecified atom stereocenters. The number of carbonyl (C=O) groups is 3. The topological polar surface area (TPSA) is 106 Å². The molecule has 206 valence electrons. The number of anilines is 1. The van der Waals surface area contributed by atoms with Crippen LogP contribution in [0.5, 0.6) is 5.75 Å². The molecule has 0 radical (unpaired) electrons. The summed E-state index contributed by atoms with van der Waals surface area (Å²) < 4.78 is 17.1. The summed E-state index contributed by atoms with van der Waals surface area (Å²) in [6.45, 7) is 5.46. The maximum atomic E-state index is 13.9. The highest BCUT2D eigenvalue weighted by Crippen LogP contribution is 2.55. The van der Waals surface area contributed by atoms with Crippen LogP contribution in [0, 0.1) is 17.8 Å². The summed E-state index contributed by atoms with van der Waals surface area (Å²) in [5.41, 5.74) is -0.542. The predicted molar refractivity (Wildman–Crippen MR) is 142 cm³/mol. The maximum Gasteiger partial charge on any atom is 0.246 e. The SMILES string of the molecule is CCOc1ccc(NC(=O)[C@@H]2[C@@H]3C=C[C@]4(O3)[C@@H]2C(=O)N(CCCOC)[C@H]4C(=O)N[C@@H]2CCCC[C@@H]2C)cc1. The lowest BCUT2D eigenvalue weighted by molar-refractivity contribution is -0.141. The average Bonchev–Trinajstić information content (AvgIpc) is 3.54. The number of fused-ring (bicyclic) bond motifs is 1. The van der Waals surface area contributed by atoms with Crippen LogP contribution in [-0.2, 0) is 23.9 Å². The highest BCUT2D eigenvalue weighted by Gasteiger charge is 2.72. The second-order valence-corrected chi connectivity index (χ2v) is 10.9. The van der Waals surface area contributed by atoms with Gasteiger partial charge in [0.15, 0.2) is 0 Å². The number of hydrogen-bond donors (Lipinski definition) is 2. The summed E-state index contributed by atoms with van der Waals surface area (Å²) in [5, 5.41) is 6.20. The smallest absolute Gasteiger partial charge is 0.246 e. The number of nitrogens with zero attached hydrogens (tertiary/aromatic N) is 1. The molecule has 1 spiro atoms. The number of likely N-dealkylation sites (tertiary alicyclic amines) is 1. The molecule has 3 fully saturated rings. The van der Waals surface area contributed by atoms with Crippen molar-refractivity contribution in [2.24, 2.45) is 17.8 Å². The summed E-state index contributed by atoms with van der Waals surface area (Å²) in [4.78, 5) is 43.0. The molecule has 0 aromatic heterocycles. The number of methoxy groups -OCH3 is 1. The highest BCUT2D eigenvalue weighted by atomic mass is 16.5. The summed E-state index contributed by atoms with van der Waals surface area (Å²) in [7, 11) is 1.61. The monoisotopic (exact) mass is 525 g/mol. The van der Waals surface area contributed by atoms with E-state index in [0.29, 0.717) is 37.8 Å². The van der Waals surface area contributed by atoms with Crippen LogP contribution in [0.3, 0.4) is 0 Å². The van der Waals surface area contributed by atoms with Crippen LogP contribution in [0.2, 0.25) is 0 Å². The lowest BCUT2D eigenvalue weighted by atomic mass is 9.74. The van der Waals surface area contributed by atoms with Gasteiger partial charge in [-0.25, -0.2) is 0 Å². The average molecular weight is 526 g/mol. The van der Waals surface area contributed by atoms with Crippen molar-refractivity contribution in [2.75, 3.05) is 32.2 Å². The summed E-state index contributed by atoms with van der Waals surface area (Å²) in [5.74, 6) is -1.09. The zero-order chi connectivity index (χ0) is 26.9. The van der Waals surface area contributed by atoms with Crippen LogP contribution < -0.4 is 15.4 Å². The van der Waals surface area contributed by atoms with E-state index in [0.717, 1.165) is 25.0 Å². The molecule has 2 bridgehead atoms. The van der Waals surface area contributed by atoms with Gasteiger partial charge in [0.25, 0.3) is 0 Å². The zero-order valence-corrected chi connectivity index (χ0v) is 22.5. The van der Waals surface area contributed by atoms with Gasteiger partial charge in [-0.05, 0) is 56.4 Å². The normalized spacial score (nSPS) is 33.3. The molecule has 1 aromatic carbocycles. The lowest BCUT2D eigenvalue weighted by Crippen LogP contribution is -2.57. The van der Waals surface area contributed by atoms with E-state index >= 15 is 0 Å². The van der Waals surface area contributed by atoms with E-state index < -0.39 is 29.6 Å². The molecule has 1 aromatic rings. The van der Waals surface area contributed by atoms with Crippen molar-refractivity contribution in [3.8, 4) is 5.75 Å². The first-order valence-corrected chi connectivity index (χ1v) is 13.9. The Morgan fingerprint density at radius 1 is 1.16 bits per heavy atom. The van der Waals surface area contributed by atoms with Gasteiger partial charge in [0.05, 0.1) is 24.5 Å². The first kappa shape index (κ1) is 26.7. The molecular formula is C29H39N3O6. The first-order valence-electron chi connectivity index (χ1n) is 13.9. The molecule has 3 aliphatic heterocycles. The molecule has 2 N–H and O–H groups in total. The Labute approximate surface area is 224 Å². The van der Waals surface area contributed by atoms with Crippen molar-refractivity contribution in [1.29, 1.82) is 0 Å². The summed E-state index contributed by atoms with van der Waals surface area (Å²) >= 11 is 0. The van der Waals surface area contributed by atoms with Gasteiger partial charge in [-0.15, -0.1) is 0 Å². The number of hydrogen-bond acceptors (Lipinski definition) is 6. The number of benzene rings is 1. The molecule has 2 saturated heterocycles. The minimum atomic E-state index is -1.16. The fourth-order valence-corrected chi connectivity index (χ4v) is 6.71. The summed E-state index contributed by atoms with van der Waals surface area (Å²) in [6, 6.07) is 6.39. The zero-order valence-electron chi connectivity index (χ0n) is 22.5. The number of rotatable bonds is 10. The second kappa shape index (κ2) is 11.1. The third-order valence-electron chi connectivity index (χ3n) is 8.54. The van der Waals surface area contributed by atoms with E-state index in [9.17, 15) is 14.4 Å². The van der Waals surface area contributed by atoms with Crippen molar-refractivity contribution in [3.05, 3.63) is 36.4 Å². The third kappa shape index (κ3) is 4.71. The minimum absolute atomic E-state index is 0.0731. The van der Waals surface area contributed by atoms with E-state index in [1.165, 1.54) is 6.42 Å². The quantitative estimate of drug-likeness (QED) is 0.360. The Hall–Kier alpha value is -2.91. The highest BCUT2D eigenvalue weighted by molar-refractivity contribution is 6.02. The van der Waals surface area contributed by atoms with E-state index in [1.54, 1.807) is 36.3 Å². The molecule has 5 rings (SSSR count). The van der Waals surface area contributed by atoms with Crippen LogP contribution >= 0.6 is 0 Å². The lowest BCUT2D eigenvalue weighted by Gasteiger charge is -2.36. The van der Waals surface area contributed by atoms with Gasteiger partial charge >= 0.3 is 0 Å². The summed E-state index contributed by atoms with van der Waals surface area (Å²) in [6.07, 6.45) is 7.98. The van der Waals surface area contributed by atoms with Crippen LogP contribution in [-0.4, -0.2) is 73.3 Å². The van der Waals surface area contributed by atoms with Gasteiger partial charge < -0.3 is 29.7 Å². The number of nitrogens with one attached hydrogen (secondary N) is 2. The van der Waals surface area contributed by atoms with Crippen LogP contribution in [0.4, 0.5) is 5.69 Å². The Kier molecular flexibility index (Phi) is 7.77. The van der Waals surface area contributed by atoms with E-state index in [4.69, 9.17) is 14.2 Å². The Bertz CT molecular complexity index is 1070. The largest absolute Gasteiger partial charge is 0.494 e. The Balaban J connectivity index is 1.39. The van der Waals surface area contributed by atoms with Gasteiger partial charge in [-0.3, -0.25) is 14.4 Å². The molecule has 38 heavy (non-hydrogen) atoms. The van der Waals surface area contributed by atoms with E-state index in [-0.39, 0.29) is 23.8 Å².